The van der Waals surface area contributed by atoms with Crippen LogP contribution in [0, 0.1) is 11.6 Å². The SMILES string of the molecule is C=CC(=O)Nc1cn(C)nc1Cc1ccc2c(ccn2Cc2c(Cl)c(OC)cc(OC)c2Cl)n1.C=CC(=O)Nc1cn(C)nc1Cc1ccc2c(ccn2Cc2c(F)c(OC)cc(OC)c2F)n1.C=CC(=O)Nc1cn(C)nc1Cc1ccc2c(cnn2Cc2c(Cl)c(OC)cc(OC)c2Cl)n1. The molecule has 3 amide bonds. The molecule has 0 bridgehead atoms. The van der Waals surface area contributed by atoms with Gasteiger partial charge in [0.05, 0.1) is 156 Å². The van der Waals surface area contributed by atoms with Crippen molar-refractivity contribution in [2.45, 2.75) is 38.9 Å². The molecule has 0 radical (unpaired) electrons. The minimum absolute atomic E-state index is 0.0757. The molecule has 0 spiro atoms. The predicted molar refractivity (Wildman–Crippen MR) is 387 cm³/mol. The Morgan fingerprint density at radius 2 is 0.775 bits per heavy atom. The van der Waals surface area contributed by atoms with Crippen LogP contribution in [-0.4, -0.2) is 124 Å². The van der Waals surface area contributed by atoms with Gasteiger partial charge in [-0.25, -0.2) is 13.8 Å². The largest absolute Gasteiger partial charge is 0.495 e. The van der Waals surface area contributed by atoms with Crippen LogP contribution < -0.4 is 44.4 Å². The Balaban J connectivity index is 0.000000165. The van der Waals surface area contributed by atoms with Crippen molar-refractivity contribution in [1.82, 2.24) is 63.2 Å². The van der Waals surface area contributed by atoms with E-state index in [9.17, 15) is 23.2 Å². The number of aryl methyl sites for hydroxylation is 3. The topological polar surface area (TPSA) is 262 Å². The van der Waals surface area contributed by atoms with Gasteiger partial charge in [-0.3, -0.25) is 43.1 Å². The fraction of sp³-hybridized carbons (Fsp3) is 0.211. The lowest BCUT2D eigenvalue weighted by Gasteiger charge is -2.15. The first-order valence-electron chi connectivity index (χ1n) is 30.9. The van der Waals surface area contributed by atoms with E-state index in [4.69, 9.17) is 84.8 Å². The van der Waals surface area contributed by atoms with Crippen molar-refractivity contribution in [2.24, 2.45) is 21.1 Å². The molecular formula is C71H68Cl4F2N16O9. The number of methoxy groups -OCH3 is 6. The molecule has 3 N–H and O–H groups in total. The zero-order chi connectivity index (χ0) is 73.2. The summed E-state index contributed by atoms with van der Waals surface area (Å²) >= 11 is 26.1. The first-order valence-corrected chi connectivity index (χ1v) is 32.4. The molecule has 31 heteroatoms. The van der Waals surface area contributed by atoms with E-state index in [1.165, 1.54) is 52.7 Å². The number of amides is 3. The average Bonchev–Trinajstić information content (AvgIpc) is 1.21. The molecule has 0 aliphatic carbocycles. The maximum Gasteiger partial charge on any atom is 0.247 e. The molecule has 0 saturated heterocycles. The monoisotopic (exact) mass is 1470 g/mol. The van der Waals surface area contributed by atoms with Crippen molar-refractivity contribution in [1.29, 1.82) is 0 Å². The number of ether oxygens (including phenoxy) is 6. The highest BCUT2D eigenvalue weighted by Gasteiger charge is 2.24. The Hall–Kier alpha value is -11.3. The molecule has 25 nitrogen and oxygen atoms in total. The first kappa shape index (κ1) is 73.5. The second kappa shape index (κ2) is 32.4. The number of hydrogen-bond donors (Lipinski definition) is 3. The highest BCUT2D eigenvalue weighted by Crippen LogP contribution is 2.43. The van der Waals surface area contributed by atoms with Crippen LogP contribution in [0.1, 0.15) is 50.9 Å². The van der Waals surface area contributed by atoms with Crippen LogP contribution in [0.5, 0.6) is 34.5 Å². The Bertz CT molecular complexity index is 4610. The molecule has 0 fully saturated rings. The smallest absolute Gasteiger partial charge is 0.247 e. The summed E-state index contributed by atoms with van der Waals surface area (Å²) in [6.07, 6.45) is 15.4. The van der Waals surface area contributed by atoms with E-state index in [0.29, 0.717) is 137 Å². The summed E-state index contributed by atoms with van der Waals surface area (Å²) in [5, 5.41) is 27.7. The summed E-state index contributed by atoms with van der Waals surface area (Å²) in [5.41, 5.74) is 11.9. The van der Waals surface area contributed by atoms with Crippen LogP contribution in [-0.2, 0) is 74.4 Å². The van der Waals surface area contributed by atoms with E-state index in [2.05, 4.69) is 61.1 Å². The normalized spacial score (nSPS) is 11.0. The molecule has 12 rings (SSSR count). The number of benzene rings is 3. The average molecular weight is 1470 g/mol. The molecule has 9 heterocycles. The molecule has 528 valence electrons. The van der Waals surface area contributed by atoms with Gasteiger partial charge in [-0.15, -0.1) is 0 Å². The van der Waals surface area contributed by atoms with Gasteiger partial charge >= 0.3 is 0 Å². The molecular weight excluding hydrogens is 1400 g/mol. The summed E-state index contributed by atoms with van der Waals surface area (Å²) in [5.74, 6) is -0.773. The molecule has 0 aliphatic rings. The van der Waals surface area contributed by atoms with Crippen LogP contribution in [0.2, 0.25) is 20.1 Å². The van der Waals surface area contributed by atoms with Gasteiger partial charge in [0.25, 0.3) is 0 Å². The number of nitrogens with one attached hydrogen (secondary N) is 3. The van der Waals surface area contributed by atoms with Gasteiger partial charge in [0, 0.05) is 118 Å². The quantitative estimate of drug-likeness (QED) is 0.0475. The van der Waals surface area contributed by atoms with Crippen molar-refractivity contribution in [3.63, 3.8) is 0 Å². The van der Waals surface area contributed by atoms with E-state index in [1.54, 1.807) is 108 Å². The van der Waals surface area contributed by atoms with Crippen molar-refractivity contribution in [3.8, 4) is 34.5 Å². The van der Waals surface area contributed by atoms with Crippen LogP contribution in [0.15, 0.2) is 142 Å². The molecule has 12 aromatic rings. The number of aromatic nitrogens is 13. The first-order chi connectivity index (χ1) is 49.0. The molecule has 0 saturated carbocycles. The van der Waals surface area contributed by atoms with Crippen LogP contribution in [0.4, 0.5) is 25.8 Å². The number of halogens is 6. The number of carbonyl (C=O) groups is 3. The zero-order valence-electron chi connectivity index (χ0n) is 56.7. The fourth-order valence-electron chi connectivity index (χ4n) is 11.0. The number of rotatable bonds is 24. The van der Waals surface area contributed by atoms with Gasteiger partial charge in [-0.2, -0.15) is 20.4 Å². The van der Waals surface area contributed by atoms with Gasteiger partial charge in [0.1, 0.15) is 28.5 Å². The third kappa shape index (κ3) is 16.3. The van der Waals surface area contributed by atoms with Gasteiger partial charge in [0.15, 0.2) is 23.1 Å². The van der Waals surface area contributed by atoms with Crippen LogP contribution in [0.3, 0.4) is 0 Å². The maximum absolute atomic E-state index is 14.8. The summed E-state index contributed by atoms with van der Waals surface area (Å²) < 4.78 is 71.5. The van der Waals surface area contributed by atoms with E-state index >= 15 is 0 Å². The molecule has 3 aromatic carbocycles. The Morgan fingerprint density at radius 3 is 1.13 bits per heavy atom. The molecule has 9 aromatic heterocycles. The minimum atomic E-state index is -0.781. The van der Waals surface area contributed by atoms with Crippen molar-refractivity contribution < 1.29 is 51.6 Å². The minimum Gasteiger partial charge on any atom is -0.495 e. The van der Waals surface area contributed by atoms with Gasteiger partial charge in [-0.1, -0.05) is 66.1 Å². The lowest BCUT2D eigenvalue weighted by Crippen LogP contribution is -2.09. The van der Waals surface area contributed by atoms with Gasteiger partial charge < -0.3 is 53.5 Å². The summed E-state index contributed by atoms with van der Waals surface area (Å²) in [6.45, 7) is 11.1. The second-order valence-corrected chi connectivity index (χ2v) is 24.1. The lowest BCUT2D eigenvalue weighted by molar-refractivity contribution is -0.112. The van der Waals surface area contributed by atoms with Gasteiger partial charge in [0.2, 0.25) is 17.7 Å². The highest BCUT2D eigenvalue weighted by molar-refractivity contribution is 6.38. The number of anilines is 3. The van der Waals surface area contributed by atoms with E-state index in [1.807, 2.05) is 53.2 Å². The molecule has 0 aliphatic heterocycles. The number of carbonyl (C=O) groups excluding carboxylic acids is 3. The Kier molecular flexibility index (Phi) is 23.3. The molecule has 0 atom stereocenters. The summed E-state index contributed by atoms with van der Waals surface area (Å²) in [7, 11) is 14.1. The Morgan fingerprint density at radius 1 is 0.451 bits per heavy atom. The van der Waals surface area contributed by atoms with Crippen LogP contribution >= 0.6 is 46.4 Å². The third-order valence-electron chi connectivity index (χ3n) is 16.0. The van der Waals surface area contributed by atoms with Crippen molar-refractivity contribution >= 4 is 114 Å². The predicted octanol–water partition coefficient (Wildman–Crippen LogP) is 12.9. The fourth-order valence-corrected chi connectivity index (χ4v) is 12.3. The second-order valence-electron chi connectivity index (χ2n) is 22.6. The number of pyridine rings is 3. The Labute approximate surface area is 603 Å². The van der Waals surface area contributed by atoms with Crippen molar-refractivity contribution in [3.05, 3.63) is 224 Å². The molecule has 0 unspecified atom stereocenters. The number of hydrogen-bond acceptors (Lipinski definition) is 16. The van der Waals surface area contributed by atoms with E-state index in [-0.39, 0.29) is 41.3 Å². The standard InChI is InChI=1S/C24H23Cl2N5O3.C24H23F2N5O3.C23H22Cl2N6O3/c2*1-5-22(32)28-18-13-30(2)29-17(18)10-14-6-7-19-16(27-14)8-9-31(19)12-15-23(25)20(33-3)11-21(34-4)24(15)26;1-5-21(32)28-17-12-30(2)29-15(17)8-13-6-7-18-16(27-13)10-26-31(18)11-14-22(24)19(33-3)9-20(34-4)23(14)25/h2*5-9,11,13H,1,10,12H2,2-4H3,(H,28,32);5-7,9-10,12H,1,8,11H2,2-4H3,(H,28,32). The highest BCUT2D eigenvalue weighted by atomic mass is 35.5. The summed E-state index contributed by atoms with van der Waals surface area (Å²) in [6, 6.07) is 19.6. The maximum atomic E-state index is 14.8. The number of nitrogens with zero attached hydrogens (tertiary/aromatic N) is 13. The van der Waals surface area contributed by atoms with E-state index < -0.39 is 11.6 Å². The zero-order valence-corrected chi connectivity index (χ0v) is 59.7. The number of fused-ring (bicyclic) bond motifs is 3. The van der Waals surface area contributed by atoms with E-state index in [0.717, 1.165) is 33.6 Å². The van der Waals surface area contributed by atoms with Crippen molar-refractivity contribution in [2.75, 3.05) is 58.6 Å². The lowest BCUT2D eigenvalue weighted by atomic mass is 10.1. The van der Waals surface area contributed by atoms with Crippen LogP contribution in [0.25, 0.3) is 33.1 Å². The third-order valence-corrected chi connectivity index (χ3v) is 17.6. The molecule has 102 heavy (non-hydrogen) atoms. The summed E-state index contributed by atoms with van der Waals surface area (Å²) in [4.78, 5) is 49.3. The van der Waals surface area contributed by atoms with Gasteiger partial charge in [-0.05, 0) is 66.8 Å².